The van der Waals surface area contributed by atoms with E-state index in [1.54, 1.807) is 6.92 Å². The molecule has 16 heavy (non-hydrogen) atoms. The summed E-state index contributed by atoms with van der Waals surface area (Å²) in [4.78, 5) is 14.9. The molecule has 0 saturated carbocycles. The molecule has 88 valence electrons. The highest BCUT2D eigenvalue weighted by Crippen LogP contribution is 2.38. The van der Waals surface area contributed by atoms with Crippen LogP contribution < -0.4 is 0 Å². The monoisotopic (exact) mass is 225 g/mol. The first-order valence-electron chi connectivity index (χ1n) is 5.13. The zero-order chi connectivity index (χ0) is 12.1. The van der Waals surface area contributed by atoms with Crippen LogP contribution in [0.15, 0.2) is 6.07 Å². The van der Waals surface area contributed by atoms with E-state index in [0.717, 1.165) is 5.56 Å². The summed E-state index contributed by atoms with van der Waals surface area (Å²) in [6.45, 7) is 4.08. The Bertz CT molecular complexity index is 439. The zero-order valence-corrected chi connectivity index (χ0v) is 9.52. The number of aliphatic hydroxyl groups is 1. The third-order valence-corrected chi connectivity index (χ3v) is 3.24. The number of hydrogen-bond donors (Lipinski definition) is 2. The van der Waals surface area contributed by atoms with Crippen molar-refractivity contribution in [3.8, 4) is 0 Å². The molecule has 6 nitrogen and oxygen atoms in total. The summed E-state index contributed by atoms with van der Waals surface area (Å²) in [5.74, 6) is -0.0626. The number of nitrogens with one attached hydrogen (secondary N) is 1. The molecule has 0 spiro atoms. The second kappa shape index (κ2) is 3.29. The lowest BCUT2D eigenvalue weighted by molar-refractivity contribution is -0.389. The van der Waals surface area contributed by atoms with Gasteiger partial charge in [0.2, 0.25) is 0 Å². The van der Waals surface area contributed by atoms with Crippen molar-refractivity contribution in [3.05, 3.63) is 27.4 Å². The molecule has 1 aliphatic rings. The second-order valence-electron chi connectivity index (χ2n) is 4.61. The van der Waals surface area contributed by atoms with E-state index in [1.165, 1.54) is 6.07 Å². The van der Waals surface area contributed by atoms with E-state index in [-0.39, 0.29) is 11.9 Å². The van der Waals surface area contributed by atoms with Crippen LogP contribution in [0.1, 0.15) is 31.1 Å². The van der Waals surface area contributed by atoms with Crippen LogP contribution in [0.5, 0.6) is 0 Å². The van der Waals surface area contributed by atoms with Crippen LogP contribution in [-0.4, -0.2) is 33.5 Å². The van der Waals surface area contributed by atoms with Crippen molar-refractivity contribution in [3.63, 3.8) is 0 Å². The van der Waals surface area contributed by atoms with E-state index in [2.05, 4.69) is 4.98 Å². The molecule has 2 rings (SSSR count). The number of β-amino-alcohol motifs (C(OH)–C–C–N with tert-alkyl or cyclic N) is 1. The quantitative estimate of drug-likeness (QED) is 0.554. The number of likely N-dealkylation sites (N-methyl/N-ethyl adjacent to an activating group) is 1. The fourth-order valence-electron chi connectivity index (χ4n) is 2.27. The summed E-state index contributed by atoms with van der Waals surface area (Å²) in [6, 6.07) is 1.57. The Morgan fingerprint density at radius 2 is 2.38 bits per heavy atom. The van der Waals surface area contributed by atoms with Crippen molar-refractivity contribution in [1.82, 2.24) is 9.88 Å². The highest BCUT2D eigenvalue weighted by molar-refractivity contribution is 5.40. The van der Waals surface area contributed by atoms with Crippen LogP contribution in [0.2, 0.25) is 0 Å². The van der Waals surface area contributed by atoms with Crippen LogP contribution in [-0.2, 0) is 5.60 Å². The largest absolute Gasteiger partial charge is 0.380 e. The molecule has 2 heterocycles. The molecule has 0 aliphatic carbocycles. The molecule has 0 radical (unpaired) electrons. The van der Waals surface area contributed by atoms with Crippen molar-refractivity contribution in [2.75, 3.05) is 13.6 Å². The van der Waals surface area contributed by atoms with E-state index < -0.39 is 10.5 Å². The number of nitro groups is 1. The summed E-state index contributed by atoms with van der Waals surface area (Å²) >= 11 is 0. The topological polar surface area (TPSA) is 82.4 Å². The summed E-state index contributed by atoms with van der Waals surface area (Å²) in [5.41, 5.74) is 0.292. The lowest BCUT2D eigenvalue weighted by atomic mass is 9.90. The van der Waals surface area contributed by atoms with Crippen molar-refractivity contribution in [2.45, 2.75) is 25.5 Å². The van der Waals surface area contributed by atoms with Gasteiger partial charge in [-0.05, 0) is 25.8 Å². The Morgan fingerprint density at radius 1 is 1.75 bits per heavy atom. The molecule has 1 aromatic rings. The van der Waals surface area contributed by atoms with E-state index in [1.807, 2.05) is 18.9 Å². The molecule has 6 heteroatoms. The molecule has 0 aromatic carbocycles. The van der Waals surface area contributed by atoms with Gasteiger partial charge in [-0.2, -0.15) is 0 Å². The SMILES string of the molecule is CC1c2cc([N+](=O)[O-])[nH]c2C(C)(O)CN1C. The highest BCUT2D eigenvalue weighted by Gasteiger charge is 2.41. The van der Waals surface area contributed by atoms with Gasteiger partial charge in [0, 0.05) is 24.2 Å². The van der Waals surface area contributed by atoms with E-state index in [9.17, 15) is 15.2 Å². The predicted molar refractivity (Wildman–Crippen MR) is 58.1 cm³/mol. The van der Waals surface area contributed by atoms with Gasteiger partial charge in [-0.3, -0.25) is 4.90 Å². The minimum atomic E-state index is -1.06. The van der Waals surface area contributed by atoms with Gasteiger partial charge in [0.05, 0.1) is 0 Å². The molecule has 1 aliphatic heterocycles. The number of hydrogen-bond acceptors (Lipinski definition) is 4. The molecule has 0 saturated heterocycles. The normalized spacial score (nSPS) is 30.1. The van der Waals surface area contributed by atoms with Gasteiger partial charge in [0.1, 0.15) is 11.3 Å². The van der Waals surface area contributed by atoms with Crippen LogP contribution in [0.3, 0.4) is 0 Å². The summed E-state index contributed by atoms with van der Waals surface area (Å²) in [6.07, 6.45) is 0. The molecule has 1 aromatic heterocycles. The van der Waals surface area contributed by atoms with E-state index in [0.29, 0.717) is 12.2 Å². The van der Waals surface area contributed by atoms with Gasteiger partial charge >= 0.3 is 5.82 Å². The fraction of sp³-hybridized carbons (Fsp3) is 0.600. The van der Waals surface area contributed by atoms with Crippen LogP contribution in [0, 0.1) is 10.1 Å². The number of fused-ring (bicyclic) bond motifs is 1. The van der Waals surface area contributed by atoms with Crippen molar-refractivity contribution in [1.29, 1.82) is 0 Å². The van der Waals surface area contributed by atoms with Gasteiger partial charge in [-0.15, -0.1) is 0 Å². The summed E-state index contributed by atoms with van der Waals surface area (Å²) in [7, 11) is 1.89. The van der Waals surface area contributed by atoms with E-state index >= 15 is 0 Å². The van der Waals surface area contributed by atoms with Crippen molar-refractivity contribution >= 4 is 5.82 Å². The molecule has 2 N–H and O–H groups in total. The van der Waals surface area contributed by atoms with Gasteiger partial charge in [-0.1, -0.05) is 0 Å². The second-order valence-corrected chi connectivity index (χ2v) is 4.61. The first-order chi connectivity index (χ1) is 7.33. The maximum absolute atomic E-state index is 10.7. The zero-order valence-electron chi connectivity index (χ0n) is 9.52. The summed E-state index contributed by atoms with van der Waals surface area (Å²) < 4.78 is 0. The molecule has 2 atom stereocenters. The fourth-order valence-corrected chi connectivity index (χ4v) is 2.27. The average molecular weight is 225 g/mol. The highest BCUT2D eigenvalue weighted by atomic mass is 16.6. The molecular weight excluding hydrogens is 210 g/mol. The Balaban J connectivity index is 2.56. The molecule has 2 unspecified atom stereocenters. The molecular formula is C10H15N3O3. The van der Waals surface area contributed by atoms with Crippen molar-refractivity contribution < 1.29 is 10.0 Å². The number of aromatic amines is 1. The maximum Gasteiger partial charge on any atom is 0.321 e. The standard InChI is InChI=1S/C10H15N3O3/c1-6-7-4-8(13(15)16)11-9(7)10(2,14)5-12(6)3/h4,6,11,14H,5H2,1-3H3. The van der Waals surface area contributed by atoms with Gasteiger partial charge in [-0.25, -0.2) is 4.98 Å². The minimum absolute atomic E-state index is 0.0626. The van der Waals surface area contributed by atoms with E-state index in [4.69, 9.17) is 0 Å². The Hall–Kier alpha value is -1.40. The van der Waals surface area contributed by atoms with Gasteiger partial charge < -0.3 is 15.2 Å². The average Bonchev–Trinajstić information content (AvgIpc) is 2.59. The maximum atomic E-state index is 10.7. The van der Waals surface area contributed by atoms with Gasteiger partial charge in [0.25, 0.3) is 0 Å². The molecule has 0 fully saturated rings. The Morgan fingerprint density at radius 3 is 2.94 bits per heavy atom. The van der Waals surface area contributed by atoms with Crippen molar-refractivity contribution in [2.24, 2.45) is 0 Å². The Kier molecular flexibility index (Phi) is 2.28. The first kappa shape index (κ1) is 11.1. The number of rotatable bonds is 1. The third-order valence-electron chi connectivity index (χ3n) is 3.24. The summed E-state index contributed by atoms with van der Waals surface area (Å²) in [5, 5.41) is 20.9. The third kappa shape index (κ3) is 1.50. The number of aromatic nitrogens is 1. The lowest BCUT2D eigenvalue weighted by Gasteiger charge is -2.37. The smallest absolute Gasteiger partial charge is 0.321 e. The lowest BCUT2D eigenvalue weighted by Crippen LogP contribution is -2.43. The van der Waals surface area contributed by atoms with Gasteiger partial charge in [0.15, 0.2) is 0 Å². The Labute approximate surface area is 93.0 Å². The van der Waals surface area contributed by atoms with Crippen LogP contribution >= 0.6 is 0 Å². The molecule has 0 amide bonds. The number of H-pyrrole nitrogens is 1. The van der Waals surface area contributed by atoms with Crippen LogP contribution in [0.25, 0.3) is 0 Å². The van der Waals surface area contributed by atoms with Crippen LogP contribution in [0.4, 0.5) is 5.82 Å². The first-order valence-corrected chi connectivity index (χ1v) is 5.13. The predicted octanol–water partition coefficient (Wildman–Crippen LogP) is 1.14. The number of nitrogens with zero attached hydrogens (tertiary/aromatic N) is 2. The minimum Gasteiger partial charge on any atom is -0.380 e. The molecule has 0 bridgehead atoms.